The summed E-state index contributed by atoms with van der Waals surface area (Å²) in [6.45, 7) is 5.09. The first-order valence-corrected chi connectivity index (χ1v) is 11.7. The van der Waals surface area contributed by atoms with E-state index in [1.807, 2.05) is 6.92 Å². The Morgan fingerprint density at radius 2 is 1.96 bits per heavy atom. The number of carbonyl (C=O) groups excluding carboxylic acids is 1. The molecule has 1 aromatic carbocycles. The fourth-order valence-electron chi connectivity index (χ4n) is 3.23. The Morgan fingerprint density at radius 1 is 1.23 bits per heavy atom. The maximum atomic E-state index is 12.6. The van der Waals surface area contributed by atoms with Crippen molar-refractivity contribution < 1.29 is 13.2 Å². The van der Waals surface area contributed by atoms with Crippen molar-refractivity contribution in [1.82, 2.24) is 9.62 Å². The van der Waals surface area contributed by atoms with Gasteiger partial charge in [-0.3, -0.25) is 4.79 Å². The number of hydrogen-bond donors (Lipinski definition) is 2. The quantitative estimate of drug-likeness (QED) is 0.798. The van der Waals surface area contributed by atoms with Gasteiger partial charge in [-0.25, -0.2) is 13.1 Å². The number of thioether (sulfide) groups is 1. The molecule has 0 saturated carbocycles. The molecule has 0 spiro atoms. The Kier molecular flexibility index (Phi) is 6.60. The molecule has 8 heteroatoms. The molecule has 0 aliphatic carbocycles. The largest absolute Gasteiger partial charge is 0.325 e. The summed E-state index contributed by atoms with van der Waals surface area (Å²) < 4.78 is 27.9. The monoisotopic (exact) mass is 397 g/mol. The van der Waals surface area contributed by atoms with Gasteiger partial charge < -0.3 is 10.2 Å². The molecule has 0 unspecified atom stereocenters. The molecule has 6 nitrogen and oxygen atoms in total. The summed E-state index contributed by atoms with van der Waals surface area (Å²) in [7, 11) is -3.58. The molecule has 2 heterocycles. The molecule has 0 radical (unpaired) electrons. The zero-order chi connectivity index (χ0) is 18.6. The minimum atomic E-state index is -3.58. The average Bonchev–Trinajstić information content (AvgIpc) is 2.95. The van der Waals surface area contributed by atoms with Crippen LogP contribution in [-0.2, 0) is 14.8 Å². The van der Waals surface area contributed by atoms with Crippen LogP contribution in [0.15, 0.2) is 28.0 Å². The fourth-order valence-corrected chi connectivity index (χ4v) is 5.28. The molecule has 1 aromatic rings. The predicted octanol–water partition coefficient (Wildman–Crippen LogP) is 2.52. The fraction of sp³-hybridized carbons (Fsp3) is 0.611. The molecule has 2 aliphatic heterocycles. The van der Waals surface area contributed by atoms with Gasteiger partial charge in [0.25, 0.3) is 0 Å². The molecule has 2 aliphatic rings. The first-order valence-electron chi connectivity index (χ1n) is 9.25. The number of likely N-dealkylation sites (tertiary alicyclic amines) is 1. The van der Waals surface area contributed by atoms with E-state index in [4.69, 9.17) is 0 Å². The molecule has 26 heavy (non-hydrogen) atoms. The molecular weight excluding hydrogens is 370 g/mol. The smallest absolute Gasteiger partial charge is 0.240 e. The lowest BCUT2D eigenvalue weighted by molar-refractivity contribution is -0.118. The van der Waals surface area contributed by atoms with Crippen molar-refractivity contribution in [3.8, 4) is 0 Å². The van der Waals surface area contributed by atoms with Crippen molar-refractivity contribution in [2.45, 2.75) is 42.4 Å². The van der Waals surface area contributed by atoms with Crippen molar-refractivity contribution >= 4 is 33.4 Å². The van der Waals surface area contributed by atoms with Gasteiger partial charge in [-0.05, 0) is 44.1 Å². The predicted molar refractivity (Wildman–Crippen MR) is 105 cm³/mol. The van der Waals surface area contributed by atoms with Crippen LogP contribution in [0.2, 0.25) is 0 Å². The summed E-state index contributed by atoms with van der Waals surface area (Å²) in [5.41, 5.74) is 0.583. The van der Waals surface area contributed by atoms with Gasteiger partial charge in [0.1, 0.15) is 0 Å². The van der Waals surface area contributed by atoms with Gasteiger partial charge in [-0.15, -0.1) is 11.8 Å². The molecule has 1 fully saturated rings. The molecule has 144 valence electrons. The molecule has 2 N–H and O–H groups in total. The topological polar surface area (TPSA) is 78.5 Å². The minimum Gasteiger partial charge on any atom is -0.325 e. The number of rotatable bonds is 5. The molecular formula is C18H27N3O3S2. The Balaban J connectivity index is 1.64. The van der Waals surface area contributed by atoms with E-state index < -0.39 is 10.0 Å². The van der Waals surface area contributed by atoms with Gasteiger partial charge in [0.2, 0.25) is 15.9 Å². The number of nitrogens with zero attached hydrogens (tertiary/aromatic N) is 1. The highest BCUT2D eigenvalue weighted by Gasteiger charge is 2.23. The van der Waals surface area contributed by atoms with Crippen LogP contribution in [0, 0.1) is 5.92 Å². The minimum absolute atomic E-state index is 0.0695. The Bertz CT molecular complexity index is 744. The van der Waals surface area contributed by atoms with E-state index in [2.05, 4.69) is 14.9 Å². The van der Waals surface area contributed by atoms with E-state index in [-0.39, 0.29) is 16.7 Å². The van der Waals surface area contributed by atoms with Crippen LogP contribution >= 0.6 is 11.8 Å². The molecule has 1 saturated heterocycles. The third kappa shape index (κ3) is 5.00. The van der Waals surface area contributed by atoms with Crippen LogP contribution in [-0.4, -0.2) is 51.2 Å². The van der Waals surface area contributed by atoms with Gasteiger partial charge in [0, 0.05) is 29.7 Å². The third-order valence-electron chi connectivity index (χ3n) is 4.87. The highest BCUT2D eigenvalue weighted by Crippen LogP contribution is 2.34. The van der Waals surface area contributed by atoms with E-state index in [0.29, 0.717) is 18.0 Å². The number of benzene rings is 1. The SMILES string of the molecule is C[C@H]1CSc2ccc(S(=O)(=O)NCCN3CCCCCC3)cc2NC1=O. The maximum Gasteiger partial charge on any atom is 0.240 e. The highest BCUT2D eigenvalue weighted by atomic mass is 32.2. The maximum absolute atomic E-state index is 12.6. The zero-order valence-corrected chi connectivity index (χ0v) is 16.8. The van der Waals surface area contributed by atoms with Crippen molar-refractivity contribution in [2.24, 2.45) is 5.92 Å². The lowest BCUT2D eigenvalue weighted by atomic mass is 10.2. The van der Waals surface area contributed by atoms with E-state index in [1.54, 1.807) is 30.0 Å². The number of hydrogen-bond acceptors (Lipinski definition) is 5. The lowest BCUT2D eigenvalue weighted by Gasteiger charge is -2.19. The highest BCUT2D eigenvalue weighted by molar-refractivity contribution is 7.99. The van der Waals surface area contributed by atoms with Crippen molar-refractivity contribution in [3.05, 3.63) is 18.2 Å². The first-order chi connectivity index (χ1) is 12.5. The zero-order valence-electron chi connectivity index (χ0n) is 15.2. The second-order valence-corrected chi connectivity index (χ2v) is 9.84. The van der Waals surface area contributed by atoms with Gasteiger partial charge in [-0.1, -0.05) is 19.8 Å². The van der Waals surface area contributed by atoms with Crippen LogP contribution in [0.1, 0.15) is 32.6 Å². The number of nitrogens with one attached hydrogen (secondary N) is 2. The van der Waals surface area contributed by atoms with Crippen molar-refractivity contribution in [1.29, 1.82) is 0 Å². The van der Waals surface area contributed by atoms with Crippen molar-refractivity contribution in [3.63, 3.8) is 0 Å². The average molecular weight is 398 g/mol. The summed E-state index contributed by atoms with van der Waals surface area (Å²) in [6.07, 6.45) is 4.90. The van der Waals surface area contributed by atoms with Crippen LogP contribution in [0.3, 0.4) is 0 Å². The summed E-state index contributed by atoms with van der Waals surface area (Å²) in [6, 6.07) is 4.95. The summed E-state index contributed by atoms with van der Waals surface area (Å²) >= 11 is 1.57. The van der Waals surface area contributed by atoms with E-state index >= 15 is 0 Å². The molecule has 0 bridgehead atoms. The van der Waals surface area contributed by atoms with Gasteiger partial charge in [0.15, 0.2) is 0 Å². The Labute approximate surface area is 160 Å². The Hall–Kier alpha value is -1.09. The van der Waals surface area contributed by atoms with Gasteiger partial charge in [-0.2, -0.15) is 0 Å². The summed E-state index contributed by atoms with van der Waals surface area (Å²) in [5.74, 6) is 0.526. The standard InChI is InChI=1S/C18H27N3O3S2/c1-14-13-25-17-7-6-15(12-16(17)20-18(14)22)26(23,24)19-8-11-21-9-4-2-3-5-10-21/h6-7,12,14,19H,2-5,8-11,13H2,1H3,(H,20,22)/t14-/m0/s1. The number of anilines is 1. The molecule has 3 rings (SSSR count). The number of sulfonamides is 1. The van der Waals surface area contributed by atoms with E-state index in [9.17, 15) is 13.2 Å². The number of carbonyl (C=O) groups is 1. The lowest BCUT2D eigenvalue weighted by Crippen LogP contribution is -2.35. The molecule has 0 aromatic heterocycles. The van der Waals surface area contributed by atoms with Crippen LogP contribution in [0.5, 0.6) is 0 Å². The Morgan fingerprint density at radius 3 is 2.69 bits per heavy atom. The van der Waals surface area contributed by atoms with Crippen LogP contribution in [0.4, 0.5) is 5.69 Å². The first kappa shape index (κ1) is 19.7. The van der Waals surface area contributed by atoms with E-state index in [1.165, 1.54) is 25.7 Å². The van der Waals surface area contributed by atoms with Crippen LogP contribution in [0.25, 0.3) is 0 Å². The molecule has 1 amide bonds. The van der Waals surface area contributed by atoms with E-state index in [0.717, 1.165) is 24.5 Å². The third-order valence-corrected chi connectivity index (χ3v) is 7.67. The van der Waals surface area contributed by atoms with Gasteiger partial charge >= 0.3 is 0 Å². The summed E-state index contributed by atoms with van der Waals surface area (Å²) in [4.78, 5) is 15.4. The normalized spacial score (nSPS) is 22.2. The number of amides is 1. The number of fused-ring (bicyclic) bond motifs is 1. The summed E-state index contributed by atoms with van der Waals surface area (Å²) in [5, 5.41) is 2.84. The molecule has 1 atom stereocenters. The van der Waals surface area contributed by atoms with Crippen LogP contribution < -0.4 is 10.0 Å². The second-order valence-electron chi connectivity index (χ2n) is 7.01. The van der Waals surface area contributed by atoms with Crippen molar-refractivity contribution in [2.75, 3.05) is 37.2 Å². The second kappa shape index (κ2) is 8.73. The van der Waals surface area contributed by atoms with Gasteiger partial charge in [0.05, 0.1) is 10.6 Å².